The summed E-state index contributed by atoms with van der Waals surface area (Å²) in [5.74, 6) is 1.18. The van der Waals surface area contributed by atoms with Crippen molar-refractivity contribution in [3.63, 3.8) is 0 Å². The second-order valence-corrected chi connectivity index (χ2v) is 9.69. The summed E-state index contributed by atoms with van der Waals surface area (Å²) in [6.07, 6.45) is 9.59. The molecule has 1 aromatic heterocycles. The molecule has 8 nitrogen and oxygen atoms in total. The summed E-state index contributed by atoms with van der Waals surface area (Å²) in [5.41, 5.74) is 2.56. The van der Waals surface area contributed by atoms with Crippen LogP contribution in [0.3, 0.4) is 0 Å². The third kappa shape index (κ3) is 6.64. The Balaban J connectivity index is 1.38. The fourth-order valence-electron chi connectivity index (χ4n) is 4.88. The molecule has 1 aliphatic heterocycles. The lowest BCUT2D eigenvalue weighted by atomic mass is 10.1. The van der Waals surface area contributed by atoms with E-state index in [1.807, 2.05) is 36.4 Å². The summed E-state index contributed by atoms with van der Waals surface area (Å²) in [5, 5.41) is 7.39. The number of benzene rings is 2. The van der Waals surface area contributed by atoms with E-state index >= 15 is 0 Å². The lowest BCUT2D eigenvalue weighted by Gasteiger charge is -2.25. The second kappa shape index (κ2) is 12.2. The van der Waals surface area contributed by atoms with Crippen molar-refractivity contribution >= 4 is 28.3 Å². The number of nitrogens with zero attached hydrogens (tertiary/aromatic N) is 3. The van der Waals surface area contributed by atoms with E-state index in [4.69, 9.17) is 9.47 Å². The molecule has 1 atom stereocenters. The third-order valence-corrected chi connectivity index (χ3v) is 6.98. The molecule has 3 aromatic rings. The number of nitrogens with one attached hydrogen (secondary N) is 2. The zero-order valence-corrected chi connectivity index (χ0v) is 21.4. The minimum absolute atomic E-state index is 0.0508. The monoisotopic (exact) mass is 501 g/mol. The van der Waals surface area contributed by atoms with Gasteiger partial charge in [-0.2, -0.15) is 0 Å². The molecule has 0 radical (unpaired) electrons. The Labute approximate surface area is 218 Å². The lowest BCUT2D eigenvalue weighted by Crippen LogP contribution is -2.36. The molecule has 194 valence electrons. The smallest absolute Gasteiger partial charge is 0.248 e. The van der Waals surface area contributed by atoms with E-state index in [0.717, 1.165) is 75.0 Å². The van der Waals surface area contributed by atoms with E-state index < -0.39 is 0 Å². The zero-order chi connectivity index (χ0) is 25.5. The first-order valence-electron chi connectivity index (χ1n) is 13.2. The summed E-state index contributed by atoms with van der Waals surface area (Å²) in [6, 6.07) is 14.1. The quantitative estimate of drug-likeness (QED) is 0.401. The number of morpholine rings is 1. The molecule has 2 aliphatic rings. The van der Waals surface area contributed by atoms with Crippen LogP contribution >= 0.6 is 0 Å². The Morgan fingerprint density at radius 1 is 1.16 bits per heavy atom. The van der Waals surface area contributed by atoms with Crippen molar-refractivity contribution in [1.29, 1.82) is 0 Å². The number of carbonyl (C=O) groups is 1. The number of ether oxygens (including phenoxy) is 2. The Morgan fingerprint density at radius 3 is 2.73 bits per heavy atom. The maximum Gasteiger partial charge on any atom is 0.248 e. The first kappa shape index (κ1) is 25.2. The molecule has 0 spiro atoms. The molecule has 1 saturated carbocycles. The van der Waals surface area contributed by atoms with Crippen molar-refractivity contribution in [2.24, 2.45) is 0 Å². The summed E-state index contributed by atoms with van der Waals surface area (Å²) in [7, 11) is 0. The highest BCUT2D eigenvalue weighted by atomic mass is 16.5. The van der Waals surface area contributed by atoms with Crippen LogP contribution in [0.1, 0.15) is 44.2 Å². The Kier molecular flexibility index (Phi) is 8.28. The maximum atomic E-state index is 12.9. The highest BCUT2D eigenvalue weighted by molar-refractivity contribution is 6.03. The number of hydrogen-bond donors (Lipinski definition) is 2. The highest BCUT2D eigenvalue weighted by Crippen LogP contribution is 2.36. The van der Waals surface area contributed by atoms with Crippen LogP contribution in [-0.2, 0) is 9.53 Å². The van der Waals surface area contributed by atoms with Gasteiger partial charge in [0.15, 0.2) is 0 Å². The van der Waals surface area contributed by atoms with E-state index in [9.17, 15) is 4.79 Å². The van der Waals surface area contributed by atoms with Crippen molar-refractivity contribution in [3.05, 3.63) is 66.5 Å². The molecule has 37 heavy (non-hydrogen) atoms. The molecule has 2 fully saturated rings. The van der Waals surface area contributed by atoms with Crippen molar-refractivity contribution in [2.75, 3.05) is 43.5 Å². The molecular weight excluding hydrogens is 466 g/mol. The van der Waals surface area contributed by atoms with Gasteiger partial charge in [-0.1, -0.05) is 36.4 Å². The molecule has 2 N–H and O–H groups in total. The van der Waals surface area contributed by atoms with E-state index in [-0.39, 0.29) is 18.1 Å². The van der Waals surface area contributed by atoms with Gasteiger partial charge in [0.05, 0.1) is 30.5 Å². The first-order chi connectivity index (χ1) is 18.2. The number of hydrogen-bond acceptors (Lipinski definition) is 7. The summed E-state index contributed by atoms with van der Waals surface area (Å²) in [6.45, 7) is 6.06. The molecule has 2 aromatic carbocycles. The maximum absolute atomic E-state index is 12.9. The van der Waals surface area contributed by atoms with Crippen LogP contribution in [0.2, 0.25) is 0 Å². The van der Waals surface area contributed by atoms with Gasteiger partial charge >= 0.3 is 0 Å². The Bertz CT molecular complexity index is 1220. The minimum Gasteiger partial charge on any atom is -0.488 e. The SMILES string of the molecule is CC(Nc1ncnc2cc(OC3CCCC3)c(NC(=O)C=CCN3CCOCC3)cc12)c1ccccc1. The van der Waals surface area contributed by atoms with Gasteiger partial charge in [-0.25, -0.2) is 9.97 Å². The number of aromatic nitrogens is 2. The Morgan fingerprint density at radius 2 is 1.95 bits per heavy atom. The standard InChI is InChI=1S/C29H35N5O3/c1-21(22-8-3-2-4-9-22)32-29-24-18-26(33-28(35)12-7-13-34-14-16-36-17-15-34)27(19-25(24)30-20-31-29)37-23-10-5-6-11-23/h2-4,7-9,12,18-21,23H,5-6,10-11,13-17H2,1H3,(H,33,35)(H,30,31,32). The van der Waals surface area contributed by atoms with Crippen molar-refractivity contribution in [1.82, 2.24) is 14.9 Å². The average Bonchev–Trinajstić information content (AvgIpc) is 3.44. The minimum atomic E-state index is -0.187. The largest absolute Gasteiger partial charge is 0.488 e. The fourth-order valence-corrected chi connectivity index (χ4v) is 4.88. The summed E-state index contributed by atoms with van der Waals surface area (Å²) in [4.78, 5) is 24.2. The third-order valence-electron chi connectivity index (χ3n) is 6.98. The van der Waals surface area contributed by atoms with E-state index in [1.165, 1.54) is 0 Å². The van der Waals surface area contributed by atoms with E-state index in [0.29, 0.717) is 17.3 Å². The molecule has 0 bridgehead atoms. The highest BCUT2D eigenvalue weighted by Gasteiger charge is 2.20. The van der Waals surface area contributed by atoms with Crippen molar-refractivity contribution < 1.29 is 14.3 Å². The van der Waals surface area contributed by atoms with Gasteiger partial charge in [0.2, 0.25) is 5.91 Å². The van der Waals surface area contributed by atoms with Crippen LogP contribution in [0, 0.1) is 0 Å². The van der Waals surface area contributed by atoms with Crippen LogP contribution in [0.15, 0.2) is 60.9 Å². The number of fused-ring (bicyclic) bond motifs is 1. The van der Waals surface area contributed by atoms with Gasteiger partial charge < -0.3 is 20.1 Å². The predicted octanol–water partition coefficient (Wildman–Crippen LogP) is 4.95. The zero-order valence-electron chi connectivity index (χ0n) is 21.4. The van der Waals surface area contributed by atoms with Gasteiger partial charge in [0.25, 0.3) is 0 Å². The average molecular weight is 502 g/mol. The molecule has 1 aliphatic carbocycles. The molecule has 1 unspecified atom stereocenters. The van der Waals surface area contributed by atoms with Crippen LogP contribution in [0.25, 0.3) is 10.9 Å². The molecule has 1 amide bonds. The van der Waals surface area contributed by atoms with Gasteiger partial charge in [0, 0.05) is 43.2 Å². The van der Waals surface area contributed by atoms with Gasteiger partial charge in [-0.3, -0.25) is 9.69 Å². The molecule has 2 heterocycles. The van der Waals surface area contributed by atoms with Gasteiger partial charge in [0.1, 0.15) is 17.9 Å². The Hall–Kier alpha value is -3.49. The van der Waals surface area contributed by atoms with Gasteiger partial charge in [-0.05, 0) is 44.2 Å². The second-order valence-electron chi connectivity index (χ2n) is 9.69. The van der Waals surface area contributed by atoms with Gasteiger partial charge in [-0.15, -0.1) is 0 Å². The summed E-state index contributed by atoms with van der Waals surface area (Å²) >= 11 is 0. The number of rotatable bonds is 9. The van der Waals surface area contributed by atoms with Crippen molar-refractivity contribution in [3.8, 4) is 5.75 Å². The topological polar surface area (TPSA) is 88.6 Å². The van der Waals surface area contributed by atoms with Crippen LogP contribution in [-0.4, -0.2) is 59.7 Å². The number of amides is 1. The molecule has 8 heteroatoms. The van der Waals surface area contributed by atoms with E-state index in [1.54, 1.807) is 12.4 Å². The molecule has 5 rings (SSSR count). The van der Waals surface area contributed by atoms with Crippen LogP contribution in [0.5, 0.6) is 5.75 Å². The molecule has 1 saturated heterocycles. The predicted molar refractivity (Wildman–Crippen MR) is 146 cm³/mol. The fraction of sp³-hybridized carbons (Fsp3) is 0.414. The van der Waals surface area contributed by atoms with Crippen LogP contribution in [0.4, 0.5) is 11.5 Å². The summed E-state index contributed by atoms with van der Waals surface area (Å²) < 4.78 is 11.8. The number of carbonyl (C=O) groups excluding carboxylic acids is 1. The van der Waals surface area contributed by atoms with Crippen molar-refractivity contribution in [2.45, 2.75) is 44.8 Å². The van der Waals surface area contributed by atoms with Crippen LogP contribution < -0.4 is 15.4 Å². The van der Waals surface area contributed by atoms with E-state index in [2.05, 4.69) is 44.6 Å². The molecular formula is C29H35N5O3. The lowest BCUT2D eigenvalue weighted by molar-refractivity contribution is -0.111. The number of anilines is 2. The first-order valence-corrected chi connectivity index (χ1v) is 13.2. The normalized spacial score (nSPS) is 17.8.